The number of hydrogen-bond acceptors (Lipinski definition) is 3. The average Bonchev–Trinajstić information content (AvgIpc) is 2.36. The van der Waals surface area contributed by atoms with Crippen LogP contribution in [0.1, 0.15) is 32.8 Å². The van der Waals surface area contributed by atoms with E-state index in [1.165, 1.54) is 5.56 Å². The van der Waals surface area contributed by atoms with Gasteiger partial charge in [0.05, 0.1) is 6.61 Å². The van der Waals surface area contributed by atoms with Gasteiger partial charge in [-0.25, -0.2) is 0 Å². The molecule has 0 saturated heterocycles. The third-order valence-electron chi connectivity index (χ3n) is 3.16. The summed E-state index contributed by atoms with van der Waals surface area (Å²) in [6.07, 6.45) is 0.538. The molecule has 0 aliphatic carbocycles. The molecule has 1 N–H and O–H groups in total. The largest absolute Gasteiger partial charge is 0.395 e. The molecule has 106 valence electrons. The highest BCUT2D eigenvalue weighted by atomic mass is 16.3. The Kier molecular flexibility index (Phi) is 6.19. The molecule has 0 unspecified atom stereocenters. The van der Waals surface area contributed by atoms with Crippen LogP contribution in [0.3, 0.4) is 0 Å². The van der Waals surface area contributed by atoms with Crippen LogP contribution in [0.4, 0.5) is 0 Å². The Balaban J connectivity index is 2.52. The number of benzene rings is 1. The minimum Gasteiger partial charge on any atom is -0.395 e. The lowest BCUT2D eigenvalue weighted by Gasteiger charge is -2.23. The number of rotatable bonds is 7. The molecular weight excluding hydrogens is 238 g/mol. The van der Waals surface area contributed by atoms with Gasteiger partial charge in [0.2, 0.25) is 0 Å². The lowest BCUT2D eigenvalue weighted by atomic mass is 9.89. The van der Waals surface area contributed by atoms with E-state index >= 15 is 0 Å². The zero-order valence-electron chi connectivity index (χ0n) is 12.2. The van der Waals surface area contributed by atoms with E-state index in [1.54, 1.807) is 0 Å². The van der Waals surface area contributed by atoms with Crippen molar-refractivity contribution in [3.05, 3.63) is 35.9 Å². The molecule has 0 radical (unpaired) electrons. The summed E-state index contributed by atoms with van der Waals surface area (Å²) in [5.74, 6) is 0.267. The Morgan fingerprint density at radius 2 is 1.79 bits per heavy atom. The summed E-state index contributed by atoms with van der Waals surface area (Å²) in [5.41, 5.74) is 0.927. The molecule has 1 aromatic rings. The first kappa shape index (κ1) is 15.9. The summed E-state index contributed by atoms with van der Waals surface area (Å²) in [6.45, 7) is 8.04. The summed E-state index contributed by atoms with van der Waals surface area (Å²) in [6, 6.07) is 10.1. The molecule has 19 heavy (non-hydrogen) atoms. The molecule has 3 heteroatoms. The van der Waals surface area contributed by atoms with Crippen molar-refractivity contribution in [3.8, 4) is 0 Å². The van der Waals surface area contributed by atoms with Gasteiger partial charge in [-0.15, -0.1) is 0 Å². The molecule has 0 saturated carbocycles. The number of carbonyl (C=O) groups is 1. The molecule has 3 nitrogen and oxygen atoms in total. The minimum absolute atomic E-state index is 0.122. The lowest BCUT2D eigenvalue weighted by molar-refractivity contribution is -0.126. The molecule has 1 rings (SSSR count). The van der Waals surface area contributed by atoms with E-state index in [0.717, 1.165) is 6.54 Å². The molecule has 0 atom stereocenters. The lowest BCUT2D eigenvalue weighted by Crippen LogP contribution is -2.31. The highest BCUT2D eigenvalue weighted by molar-refractivity contribution is 5.83. The topological polar surface area (TPSA) is 40.5 Å². The predicted octanol–water partition coefficient (Wildman–Crippen LogP) is 2.49. The molecule has 0 aliphatic heterocycles. The zero-order chi connectivity index (χ0) is 14.3. The first-order chi connectivity index (χ1) is 8.93. The van der Waals surface area contributed by atoms with E-state index in [2.05, 4.69) is 17.0 Å². The van der Waals surface area contributed by atoms with Gasteiger partial charge in [-0.05, 0) is 5.56 Å². The number of aliphatic hydroxyl groups is 1. The van der Waals surface area contributed by atoms with Crippen molar-refractivity contribution >= 4 is 5.78 Å². The van der Waals surface area contributed by atoms with Crippen LogP contribution >= 0.6 is 0 Å². The van der Waals surface area contributed by atoms with Crippen LogP contribution in [0.15, 0.2) is 30.3 Å². The van der Waals surface area contributed by atoms with E-state index in [0.29, 0.717) is 19.5 Å². The van der Waals surface area contributed by atoms with Gasteiger partial charge in [-0.1, -0.05) is 51.1 Å². The van der Waals surface area contributed by atoms with Gasteiger partial charge in [-0.2, -0.15) is 0 Å². The van der Waals surface area contributed by atoms with Crippen LogP contribution in [0.25, 0.3) is 0 Å². The molecule has 0 bridgehead atoms. The van der Waals surface area contributed by atoms with E-state index in [4.69, 9.17) is 5.11 Å². The second kappa shape index (κ2) is 7.41. The predicted molar refractivity (Wildman–Crippen MR) is 77.9 cm³/mol. The van der Waals surface area contributed by atoms with Crippen molar-refractivity contribution in [2.24, 2.45) is 5.41 Å². The Hall–Kier alpha value is -1.19. The number of aliphatic hydroxyl groups excluding tert-OH is 1. The molecule has 0 spiro atoms. The Morgan fingerprint density at radius 1 is 1.16 bits per heavy atom. The minimum atomic E-state index is -0.280. The number of nitrogens with zero attached hydrogens (tertiary/aromatic N) is 1. The molecule has 1 aromatic carbocycles. The van der Waals surface area contributed by atoms with Crippen LogP contribution < -0.4 is 0 Å². The first-order valence-corrected chi connectivity index (χ1v) is 6.84. The van der Waals surface area contributed by atoms with Crippen molar-refractivity contribution in [1.82, 2.24) is 4.90 Å². The molecule has 0 fully saturated rings. The number of hydrogen-bond donors (Lipinski definition) is 1. The number of Topliss-reactive ketones (excluding diaryl/α,β-unsaturated/α-hetero) is 1. The summed E-state index contributed by atoms with van der Waals surface area (Å²) in [7, 11) is 0. The van der Waals surface area contributed by atoms with E-state index in [-0.39, 0.29) is 17.8 Å². The van der Waals surface area contributed by atoms with E-state index in [1.807, 2.05) is 39.0 Å². The van der Waals surface area contributed by atoms with Crippen molar-refractivity contribution in [1.29, 1.82) is 0 Å². The maximum atomic E-state index is 11.9. The van der Waals surface area contributed by atoms with Crippen molar-refractivity contribution < 1.29 is 9.90 Å². The van der Waals surface area contributed by atoms with Gasteiger partial charge in [0.25, 0.3) is 0 Å². The van der Waals surface area contributed by atoms with Crippen LogP contribution in [0.5, 0.6) is 0 Å². The second-order valence-electron chi connectivity index (χ2n) is 5.91. The summed E-state index contributed by atoms with van der Waals surface area (Å²) in [5, 5.41) is 9.11. The van der Waals surface area contributed by atoms with Crippen molar-refractivity contribution in [3.63, 3.8) is 0 Å². The monoisotopic (exact) mass is 263 g/mol. The molecular formula is C16H25NO2. The van der Waals surface area contributed by atoms with Crippen LogP contribution in [0.2, 0.25) is 0 Å². The van der Waals surface area contributed by atoms with Crippen LogP contribution in [-0.2, 0) is 11.3 Å². The Bertz CT molecular complexity index is 381. The molecule has 0 amide bonds. The van der Waals surface area contributed by atoms with Gasteiger partial charge < -0.3 is 5.11 Å². The van der Waals surface area contributed by atoms with Gasteiger partial charge in [-0.3, -0.25) is 9.69 Å². The van der Waals surface area contributed by atoms with Gasteiger partial charge in [0.1, 0.15) is 5.78 Å². The molecule has 0 heterocycles. The fourth-order valence-electron chi connectivity index (χ4n) is 1.89. The summed E-state index contributed by atoms with van der Waals surface area (Å²) in [4.78, 5) is 14.1. The average molecular weight is 263 g/mol. The van der Waals surface area contributed by atoms with Gasteiger partial charge in [0, 0.05) is 31.5 Å². The SMILES string of the molecule is CC(C)(C)C(=O)CCN(CCO)Cc1ccccc1. The Morgan fingerprint density at radius 3 is 2.32 bits per heavy atom. The maximum Gasteiger partial charge on any atom is 0.139 e. The normalized spacial score (nSPS) is 11.8. The smallest absolute Gasteiger partial charge is 0.139 e. The van der Waals surface area contributed by atoms with Gasteiger partial charge >= 0.3 is 0 Å². The molecule has 0 aliphatic rings. The van der Waals surface area contributed by atoms with Crippen LogP contribution in [-0.4, -0.2) is 35.5 Å². The fourth-order valence-corrected chi connectivity index (χ4v) is 1.89. The highest BCUT2D eigenvalue weighted by Crippen LogP contribution is 2.17. The third-order valence-corrected chi connectivity index (χ3v) is 3.16. The fraction of sp³-hybridized carbons (Fsp3) is 0.562. The summed E-state index contributed by atoms with van der Waals surface area (Å²) >= 11 is 0. The first-order valence-electron chi connectivity index (χ1n) is 6.84. The number of ketones is 1. The highest BCUT2D eigenvalue weighted by Gasteiger charge is 2.21. The van der Waals surface area contributed by atoms with Crippen LogP contribution in [0, 0.1) is 5.41 Å². The van der Waals surface area contributed by atoms with E-state index < -0.39 is 0 Å². The second-order valence-corrected chi connectivity index (χ2v) is 5.91. The zero-order valence-corrected chi connectivity index (χ0v) is 12.2. The maximum absolute atomic E-state index is 11.9. The molecule has 0 aromatic heterocycles. The van der Waals surface area contributed by atoms with Crippen molar-refractivity contribution in [2.75, 3.05) is 19.7 Å². The Labute approximate surface area is 116 Å². The third kappa shape index (κ3) is 5.99. The van der Waals surface area contributed by atoms with Gasteiger partial charge in [0.15, 0.2) is 0 Å². The quantitative estimate of drug-likeness (QED) is 0.821. The standard InChI is InChI=1S/C16H25NO2/c1-16(2,3)15(19)9-10-17(11-12-18)13-14-7-5-4-6-8-14/h4-8,18H,9-13H2,1-3H3. The summed E-state index contributed by atoms with van der Waals surface area (Å²) < 4.78 is 0. The van der Waals surface area contributed by atoms with Crippen molar-refractivity contribution in [2.45, 2.75) is 33.7 Å². The number of carbonyl (C=O) groups excluding carboxylic acids is 1. The van der Waals surface area contributed by atoms with E-state index in [9.17, 15) is 4.79 Å².